The number of thiazole rings is 1. The van der Waals surface area contributed by atoms with E-state index in [9.17, 15) is 13.2 Å². The molecule has 2 N–H and O–H groups in total. The highest BCUT2D eigenvalue weighted by molar-refractivity contribution is 14.0. The number of hydrogen-bond acceptors (Lipinski definition) is 5. The van der Waals surface area contributed by atoms with Crippen LogP contribution < -0.4 is 10.6 Å². The van der Waals surface area contributed by atoms with Crippen molar-refractivity contribution < 1.29 is 17.6 Å². The lowest BCUT2D eigenvalue weighted by Crippen LogP contribution is -2.42. The molecule has 1 unspecified atom stereocenters. The fourth-order valence-electron chi connectivity index (χ4n) is 3.04. The summed E-state index contributed by atoms with van der Waals surface area (Å²) in [6, 6.07) is 3.90. The average molecular weight is 529 g/mol. The summed E-state index contributed by atoms with van der Waals surface area (Å²) in [5, 5.41) is 7.62. The van der Waals surface area contributed by atoms with Crippen molar-refractivity contribution in [1.29, 1.82) is 0 Å². The SMILES string of the molecule is CN=C(NCc1nc(C(F)(F)F)cs1)NCC(c1ccco1)N1CCCC1.I. The summed E-state index contributed by atoms with van der Waals surface area (Å²) in [7, 11) is 1.62. The lowest BCUT2D eigenvalue weighted by Gasteiger charge is -2.26. The third-order valence-corrected chi connectivity index (χ3v) is 5.24. The number of nitrogens with one attached hydrogen (secondary N) is 2. The molecule has 0 saturated carbocycles. The number of aromatic nitrogens is 1. The monoisotopic (exact) mass is 529 g/mol. The molecular formula is C17H23F3IN5OS. The second-order valence-corrected chi connectivity index (χ2v) is 7.15. The van der Waals surface area contributed by atoms with Gasteiger partial charge in [-0.15, -0.1) is 35.3 Å². The number of furan rings is 1. The van der Waals surface area contributed by atoms with Gasteiger partial charge in [-0.2, -0.15) is 13.2 Å². The van der Waals surface area contributed by atoms with Gasteiger partial charge in [0.15, 0.2) is 11.7 Å². The average Bonchev–Trinajstić information content (AvgIpc) is 3.40. The third-order valence-electron chi connectivity index (χ3n) is 4.39. The fourth-order valence-corrected chi connectivity index (χ4v) is 3.78. The molecule has 28 heavy (non-hydrogen) atoms. The number of guanidine groups is 1. The normalized spacial score (nSPS) is 16.6. The summed E-state index contributed by atoms with van der Waals surface area (Å²) < 4.78 is 43.5. The van der Waals surface area contributed by atoms with Crippen LogP contribution in [0.15, 0.2) is 33.2 Å². The van der Waals surface area contributed by atoms with Gasteiger partial charge < -0.3 is 15.1 Å². The lowest BCUT2D eigenvalue weighted by atomic mass is 10.2. The smallest absolute Gasteiger partial charge is 0.434 e. The maximum absolute atomic E-state index is 12.6. The molecule has 0 radical (unpaired) electrons. The Morgan fingerprint density at radius 1 is 1.36 bits per heavy atom. The summed E-state index contributed by atoms with van der Waals surface area (Å²) in [4.78, 5) is 10.1. The molecule has 1 aliphatic heterocycles. The first kappa shape index (κ1) is 22.9. The molecular weight excluding hydrogens is 506 g/mol. The molecule has 0 bridgehead atoms. The second kappa shape index (κ2) is 10.4. The van der Waals surface area contributed by atoms with E-state index in [4.69, 9.17) is 4.42 Å². The predicted molar refractivity (Wildman–Crippen MR) is 113 cm³/mol. The quantitative estimate of drug-likeness (QED) is 0.338. The van der Waals surface area contributed by atoms with E-state index in [1.165, 1.54) is 0 Å². The largest absolute Gasteiger partial charge is 0.468 e. The van der Waals surface area contributed by atoms with Gasteiger partial charge in [-0.25, -0.2) is 4.98 Å². The van der Waals surface area contributed by atoms with Crippen LogP contribution in [0, 0.1) is 0 Å². The van der Waals surface area contributed by atoms with E-state index >= 15 is 0 Å². The second-order valence-electron chi connectivity index (χ2n) is 6.21. The lowest BCUT2D eigenvalue weighted by molar-refractivity contribution is -0.140. The number of likely N-dealkylation sites (tertiary alicyclic amines) is 1. The van der Waals surface area contributed by atoms with E-state index in [1.54, 1.807) is 13.3 Å². The van der Waals surface area contributed by atoms with Gasteiger partial charge in [-0.1, -0.05) is 0 Å². The van der Waals surface area contributed by atoms with Crippen LogP contribution in [0.5, 0.6) is 0 Å². The number of alkyl halides is 3. The zero-order valence-electron chi connectivity index (χ0n) is 15.3. The van der Waals surface area contributed by atoms with Gasteiger partial charge in [0, 0.05) is 19.0 Å². The summed E-state index contributed by atoms with van der Waals surface area (Å²) in [5.74, 6) is 1.39. The zero-order valence-corrected chi connectivity index (χ0v) is 18.5. The topological polar surface area (TPSA) is 65.7 Å². The minimum Gasteiger partial charge on any atom is -0.468 e. The van der Waals surface area contributed by atoms with E-state index < -0.39 is 11.9 Å². The first-order valence-corrected chi connectivity index (χ1v) is 9.59. The molecule has 2 aromatic rings. The Kier molecular flexibility index (Phi) is 8.56. The van der Waals surface area contributed by atoms with Gasteiger partial charge in [-0.05, 0) is 38.1 Å². The highest BCUT2D eigenvalue weighted by Crippen LogP contribution is 2.30. The van der Waals surface area contributed by atoms with Crippen LogP contribution in [0.2, 0.25) is 0 Å². The van der Waals surface area contributed by atoms with Crippen LogP contribution in [0.3, 0.4) is 0 Å². The van der Waals surface area contributed by atoms with Gasteiger partial charge in [0.05, 0.1) is 18.8 Å². The molecule has 0 aliphatic carbocycles. The molecule has 1 aliphatic rings. The van der Waals surface area contributed by atoms with E-state index in [2.05, 4.69) is 25.5 Å². The Labute approximate surface area is 182 Å². The van der Waals surface area contributed by atoms with Crippen molar-refractivity contribution >= 4 is 41.3 Å². The van der Waals surface area contributed by atoms with Crippen molar-refractivity contribution in [2.24, 2.45) is 4.99 Å². The van der Waals surface area contributed by atoms with E-state index in [-0.39, 0.29) is 36.6 Å². The van der Waals surface area contributed by atoms with Crippen LogP contribution in [-0.2, 0) is 12.7 Å². The molecule has 0 aromatic carbocycles. The van der Waals surface area contributed by atoms with E-state index in [1.807, 2.05) is 12.1 Å². The van der Waals surface area contributed by atoms with Crippen molar-refractivity contribution in [1.82, 2.24) is 20.5 Å². The molecule has 156 valence electrons. The van der Waals surface area contributed by atoms with Gasteiger partial charge in [0.2, 0.25) is 0 Å². The molecule has 3 rings (SSSR count). The minimum atomic E-state index is -4.42. The Balaban J connectivity index is 0.00000280. The zero-order chi connectivity index (χ0) is 19.3. The summed E-state index contributed by atoms with van der Waals surface area (Å²) in [6.07, 6.45) is -0.432. The number of aliphatic imine (C=N–C) groups is 1. The van der Waals surface area contributed by atoms with Gasteiger partial charge in [-0.3, -0.25) is 9.89 Å². The molecule has 2 aromatic heterocycles. The molecule has 0 spiro atoms. The van der Waals surface area contributed by atoms with Crippen LogP contribution in [-0.4, -0.2) is 42.5 Å². The molecule has 1 saturated heterocycles. The van der Waals surface area contributed by atoms with E-state index in [0.29, 0.717) is 17.5 Å². The van der Waals surface area contributed by atoms with Gasteiger partial charge in [0.25, 0.3) is 0 Å². The van der Waals surface area contributed by atoms with E-state index in [0.717, 1.165) is 48.4 Å². The molecule has 11 heteroatoms. The standard InChI is InChI=1S/C17H22F3N5OS.HI/c1-21-16(23-10-15-24-14(11-27-15)17(18,19)20)22-9-12(13-5-4-8-26-13)25-6-2-3-7-25;/h4-5,8,11-12H,2-3,6-7,9-10H2,1H3,(H2,21,22,23);1H. The minimum absolute atomic E-state index is 0. The van der Waals surface area contributed by atoms with Crippen molar-refractivity contribution in [3.8, 4) is 0 Å². The Morgan fingerprint density at radius 3 is 2.68 bits per heavy atom. The number of nitrogens with zero attached hydrogens (tertiary/aromatic N) is 3. The first-order valence-electron chi connectivity index (χ1n) is 8.71. The van der Waals surface area contributed by atoms with Crippen LogP contribution >= 0.6 is 35.3 Å². The van der Waals surface area contributed by atoms with Gasteiger partial charge in [0.1, 0.15) is 10.8 Å². The number of rotatable bonds is 6. The summed E-state index contributed by atoms with van der Waals surface area (Å²) >= 11 is 0.972. The fraction of sp³-hybridized carbons (Fsp3) is 0.529. The third kappa shape index (κ3) is 6.08. The summed E-state index contributed by atoms with van der Waals surface area (Å²) in [5.41, 5.74) is -0.862. The summed E-state index contributed by atoms with van der Waals surface area (Å²) in [6.45, 7) is 2.78. The van der Waals surface area contributed by atoms with Crippen LogP contribution in [0.25, 0.3) is 0 Å². The predicted octanol–water partition coefficient (Wildman–Crippen LogP) is 3.88. The highest BCUT2D eigenvalue weighted by atomic mass is 127. The molecule has 3 heterocycles. The molecule has 0 amide bonds. The Hall–Kier alpha value is -1.34. The molecule has 1 atom stereocenters. The van der Waals surface area contributed by atoms with Crippen molar-refractivity contribution in [2.75, 3.05) is 26.7 Å². The Morgan fingerprint density at radius 2 is 2.11 bits per heavy atom. The molecule has 6 nitrogen and oxygen atoms in total. The van der Waals surface area contributed by atoms with Crippen molar-refractivity contribution in [2.45, 2.75) is 31.6 Å². The Bertz CT molecular complexity index is 744. The number of hydrogen-bond donors (Lipinski definition) is 2. The highest BCUT2D eigenvalue weighted by Gasteiger charge is 2.33. The number of halogens is 4. The van der Waals surface area contributed by atoms with Crippen LogP contribution in [0.1, 0.15) is 35.3 Å². The molecule has 1 fully saturated rings. The first-order chi connectivity index (χ1) is 13.0. The van der Waals surface area contributed by atoms with Gasteiger partial charge >= 0.3 is 6.18 Å². The van der Waals surface area contributed by atoms with Crippen molar-refractivity contribution in [3.05, 3.63) is 40.2 Å². The maximum atomic E-state index is 12.6. The maximum Gasteiger partial charge on any atom is 0.434 e. The van der Waals surface area contributed by atoms with Crippen molar-refractivity contribution in [3.63, 3.8) is 0 Å². The van der Waals surface area contributed by atoms with Crippen LogP contribution in [0.4, 0.5) is 13.2 Å².